The Hall–Kier alpha value is -0.0900. The maximum absolute atomic E-state index is 10.6. The van der Waals surface area contributed by atoms with Gasteiger partial charge in [-0.05, 0) is 36.4 Å². The van der Waals surface area contributed by atoms with Crippen LogP contribution in [-0.4, -0.2) is 36.1 Å². The minimum Gasteiger partial charge on any atom is -0.463 e. The van der Waals surface area contributed by atoms with E-state index in [4.69, 9.17) is 4.74 Å². The Morgan fingerprint density at radius 3 is 2.71 bits per heavy atom. The minimum atomic E-state index is -0.322. The Morgan fingerprint density at radius 2 is 2.07 bits per heavy atom. The van der Waals surface area contributed by atoms with E-state index >= 15 is 0 Å². The van der Waals surface area contributed by atoms with Gasteiger partial charge >= 0.3 is 5.97 Å². The van der Waals surface area contributed by atoms with Gasteiger partial charge in [-0.2, -0.15) is 23.5 Å². The summed E-state index contributed by atoms with van der Waals surface area (Å²) in [7, 11) is 0. The summed E-state index contributed by atoms with van der Waals surface area (Å²) in [5.41, 5.74) is 0. The molecule has 0 bridgehead atoms. The molecule has 0 aliphatic carbocycles. The van der Waals surface area contributed by atoms with Gasteiger partial charge in [-0.1, -0.05) is 6.58 Å². The minimum absolute atomic E-state index is 0.322. The van der Waals surface area contributed by atoms with Crippen LogP contribution in [0.25, 0.3) is 0 Å². The van der Waals surface area contributed by atoms with Crippen molar-refractivity contribution in [2.75, 3.05) is 30.1 Å². The monoisotopic (exact) mass is 234 g/mol. The Kier molecular flexibility index (Phi) is 10.9. The number of hydrogen-bond donors (Lipinski definition) is 0. The Bertz CT molecular complexity index is 160. The third-order valence-electron chi connectivity index (χ3n) is 1.48. The molecule has 82 valence electrons. The van der Waals surface area contributed by atoms with Crippen LogP contribution >= 0.6 is 23.5 Å². The molecule has 0 aliphatic heterocycles. The molecule has 0 aliphatic rings. The number of rotatable bonds is 9. The van der Waals surface area contributed by atoms with Gasteiger partial charge in [-0.15, -0.1) is 0 Å². The topological polar surface area (TPSA) is 26.3 Å². The van der Waals surface area contributed by atoms with E-state index in [1.54, 1.807) is 0 Å². The normalized spacial score (nSPS) is 9.79. The van der Waals surface area contributed by atoms with Crippen molar-refractivity contribution in [2.45, 2.75) is 12.8 Å². The molecule has 14 heavy (non-hydrogen) atoms. The molecule has 0 unspecified atom stereocenters. The van der Waals surface area contributed by atoms with E-state index in [2.05, 4.69) is 12.8 Å². The van der Waals surface area contributed by atoms with Crippen LogP contribution < -0.4 is 0 Å². The van der Waals surface area contributed by atoms with Crippen LogP contribution in [0.5, 0.6) is 0 Å². The van der Waals surface area contributed by atoms with Gasteiger partial charge in [-0.25, -0.2) is 4.79 Å². The number of carbonyl (C=O) groups excluding carboxylic acids is 1. The third kappa shape index (κ3) is 9.99. The van der Waals surface area contributed by atoms with Crippen LogP contribution in [-0.2, 0) is 9.53 Å². The van der Waals surface area contributed by atoms with Crippen molar-refractivity contribution >= 4 is 29.5 Å². The quantitative estimate of drug-likeness (QED) is 0.348. The molecule has 0 N–H and O–H groups in total. The van der Waals surface area contributed by atoms with Crippen molar-refractivity contribution < 1.29 is 9.53 Å². The lowest BCUT2D eigenvalue weighted by molar-refractivity contribution is -0.137. The van der Waals surface area contributed by atoms with Crippen molar-refractivity contribution in [3.05, 3.63) is 12.7 Å². The fourth-order valence-electron chi connectivity index (χ4n) is 0.800. The molecule has 0 radical (unpaired) electrons. The molecule has 0 aromatic rings. The smallest absolute Gasteiger partial charge is 0.330 e. The van der Waals surface area contributed by atoms with E-state index < -0.39 is 0 Å². The average Bonchev–Trinajstić information content (AvgIpc) is 2.21. The summed E-state index contributed by atoms with van der Waals surface area (Å²) in [6.07, 6.45) is 5.52. The predicted molar refractivity (Wildman–Crippen MR) is 66.1 cm³/mol. The standard InChI is InChI=1S/C10H18O2S2/c1-3-10(11)12-6-4-8-14-9-5-7-13-2/h3H,1,4-9H2,2H3. The number of carbonyl (C=O) groups is 1. The SMILES string of the molecule is C=CC(=O)OCCCSCCCSC. The average molecular weight is 234 g/mol. The maximum atomic E-state index is 10.6. The molecule has 0 heterocycles. The molecule has 0 rings (SSSR count). The summed E-state index contributed by atoms with van der Waals surface area (Å²) in [4.78, 5) is 10.6. The summed E-state index contributed by atoms with van der Waals surface area (Å²) < 4.78 is 4.84. The van der Waals surface area contributed by atoms with Crippen LogP contribution in [0, 0.1) is 0 Å². The summed E-state index contributed by atoms with van der Waals surface area (Å²) >= 11 is 3.81. The van der Waals surface area contributed by atoms with Crippen LogP contribution in [0.2, 0.25) is 0 Å². The van der Waals surface area contributed by atoms with Gasteiger partial charge in [0.25, 0.3) is 0 Å². The van der Waals surface area contributed by atoms with E-state index in [9.17, 15) is 4.79 Å². The first-order valence-electron chi connectivity index (χ1n) is 4.67. The van der Waals surface area contributed by atoms with Crippen molar-refractivity contribution in [1.82, 2.24) is 0 Å². The largest absolute Gasteiger partial charge is 0.463 e. The molecule has 0 fully saturated rings. The van der Waals surface area contributed by atoms with Crippen molar-refractivity contribution in [3.8, 4) is 0 Å². The number of esters is 1. The number of thioether (sulfide) groups is 2. The van der Waals surface area contributed by atoms with E-state index in [1.165, 1.54) is 24.0 Å². The van der Waals surface area contributed by atoms with Crippen molar-refractivity contribution in [2.24, 2.45) is 0 Å². The molecular formula is C10H18O2S2. The summed E-state index contributed by atoms with van der Waals surface area (Å²) in [5, 5.41) is 0. The van der Waals surface area contributed by atoms with E-state index in [0.717, 1.165) is 12.2 Å². The van der Waals surface area contributed by atoms with Crippen molar-refractivity contribution in [3.63, 3.8) is 0 Å². The highest BCUT2D eigenvalue weighted by molar-refractivity contribution is 7.99. The number of ether oxygens (including phenoxy) is 1. The van der Waals surface area contributed by atoms with Crippen LogP contribution in [0.4, 0.5) is 0 Å². The molecule has 0 amide bonds. The lowest BCUT2D eigenvalue weighted by atomic mass is 10.5. The molecular weight excluding hydrogens is 216 g/mol. The zero-order valence-electron chi connectivity index (χ0n) is 8.66. The molecule has 0 aromatic heterocycles. The molecule has 2 nitrogen and oxygen atoms in total. The van der Waals surface area contributed by atoms with Crippen LogP contribution in [0.15, 0.2) is 12.7 Å². The zero-order valence-corrected chi connectivity index (χ0v) is 10.3. The highest BCUT2D eigenvalue weighted by Crippen LogP contribution is 2.07. The third-order valence-corrected chi connectivity index (χ3v) is 3.33. The molecule has 0 saturated heterocycles. The fraction of sp³-hybridized carbons (Fsp3) is 0.700. The Balaban J connectivity index is 2.99. The van der Waals surface area contributed by atoms with Gasteiger partial charge < -0.3 is 4.74 Å². The maximum Gasteiger partial charge on any atom is 0.330 e. The van der Waals surface area contributed by atoms with Gasteiger partial charge in [0.05, 0.1) is 6.61 Å². The Morgan fingerprint density at radius 1 is 1.36 bits per heavy atom. The van der Waals surface area contributed by atoms with Gasteiger partial charge in [-0.3, -0.25) is 0 Å². The van der Waals surface area contributed by atoms with E-state index in [-0.39, 0.29) is 5.97 Å². The van der Waals surface area contributed by atoms with Crippen molar-refractivity contribution in [1.29, 1.82) is 0 Å². The molecule has 0 spiro atoms. The molecule has 0 aromatic carbocycles. The molecule has 0 atom stereocenters. The van der Waals surface area contributed by atoms with E-state index in [0.29, 0.717) is 6.61 Å². The van der Waals surface area contributed by atoms with E-state index in [1.807, 2.05) is 23.5 Å². The summed E-state index contributed by atoms with van der Waals surface area (Å²) in [6, 6.07) is 0. The molecule has 0 saturated carbocycles. The Labute approximate surface area is 94.9 Å². The number of hydrogen-bond acceptors (Lipinski definition) is 4. The lowest BCUT2D eigenvalue weighted by Gasteiger charge is -2.02. The molecule has 4 heteroatoms. The van der Waals surface area contributed by atoms with Gasteiger partial charge in [0.15, 0.2) is 0 Å². The fourth-order valence-corrected chi connectivity index (χ4v) is 2.29. The predicted octanol–water partition coefficient (Wildman–Crippen LogP) is 2.59. The highest BCUT2D eigenvalue weighted by Gasteiger charge is 1.95. The second kappa shape index (κ2) is 11.0. The lowest BCUT2D eigenvalue weighted by Crippen LogP contribution is -2.02. The van der Waals surface area contributed by atoms with Gasteiger partial charge in [0.2, 0.25) is 0 Å². The summed E-state index contributed by atoms with van der Waals surface area (Å²) in [6.45, 7) is 3.84. The van der Waals surface area contributed by atoms with Gasteiger partial charge in [0, 0.05) is 6.08 Å². The first kappa shape index (κ1) is 13.9. The second-order valence-corrected chi connectivity index (χ2v) is 4.89. The first-order chi connectivity index (χ1) is 6.81. The zero-order chi connectivity index (χ0) is 10.6. The van der Waals surface area contributed by atoms with Crippen LogP contribution in [0.3, 0.4) is 0 Å². The van der Waals surface area contributed by atoms with Crippen LogP contribution in [0.1, 0.15) is 12.8 Å². The summed E-state index contributed by atoms with van der Waals surface area (Å²) in [5.74, 6) is 3.19. The van der Waals surface area contributed by atoms with Gasteiger partial charge in [0.1, 0.15) is 0 Å². The second-order valence-electron chi connectivity index (χ2n) is 2.68. The first-order valence-corrected chi connectivity index (χ1v) is 7.22. The highest BCUT2D eigenvalue weighted by atomic mass is 32.2.